The molecule has 0 atom stereocenters. The average Bonchev–Trinajstić information content (AvgIpc) is 2.86. The van der Waals surface area contributed by atoms with E-state index in [0.29, 0.717) is 31.8 Å². The Morgan fingerprint density at radius 3 is 1.74 bits per heavy atom. The van der Waals surface area contributed by atoms with E-state index in [2.05, 4.69) is 4.72 Å². The Kier molecular flexibility index (Phi) is 9.44. The summed E-state index contributed by atoms with van der Waals surface area (Å²) in [6.07, 6.45) is 0. The van der Waals surface area contributed by atoms with Crippen molar-refractivity contribution in [1.82, 2.24) is 4.72 Å². The fraction of sp³-hybridized carbons (Fsp3) is 0. The van der Waals surface area contributed by atoms with Crippen LogP contribution in [0.1, 0.15) is 11.1 Å². The highest BCUT2D eigenvalue weighted by molar-refractivity contribution is 7.98. The highest BCUT2D eigenvalue weighted by atomic mass is 35.5. The van der Waals surface area contributed by atoms with Crippen LogP contribution in [0.25, 0.3) is 0 Å². The van der Waals surface area contributed by atoms with E-state index in [-0.39, 0.29) is 0 Å². The molecule has 0 heterocycles. The number of benzene rings is 4. The van der Waals surface area contributed by atoms with Crippen molar-refractivity contribution in [3.05, 3.63) is 128 Å². The van der Waals surface area contributed by atoms with Gasteiger partial charge >= 0.3 is 0 Å². The first-order chi connectivity index (χ1) is 17.0. The molecule has 9 heteroatoms. The molecule has 0 spiro atoms. The van der Waals surface area contributed by atoms with Crippen molar-refractivity contribution >= 4 is 82.0 Å². The molecule has 0 saturated carbocycles. The first kappa shape index (κ1) is 26.0. The predicted molar refractivity (Wildman–Crippen MR) is 154 cm³/mol. The predicted octanol–water partition coefficient (Wildman–Crippen LogP) is 9.50. The highest BCUT2D eigenvalue weighted by Gasteiger charge is 2.11. The summed E-state index contributed by atoms with van der Waals surface area (Å²) >= 11 is 27.4. The van der Waals surface area contributed by atoms with Gasteiger partial charge in [-0.05, 0) is 48.3 Å². The van der Waals surface area contributed by atoms with Crippen LogP contribution in [-0.2, 0) is 0 Å². The van der Waals surface area contributed by atoms with Gasteiger partial charge in [0.2, 0.25) is 0 Å². The normalized spacial score (nSPS) is 12.0. The molecule has 0 amide bonds. The van der Waals surface area contributed by atoms with Gasteiger partial charge in [0.1, 0.15) is 5.84 Å². The van der Waals surface area contributed by atoms with Gasteiger partial charge in [-0.1, -0.05) is 107 Å². The molecular weight excluding hydrogens is 560 g/mol. The smallest absolute Gasteiger partial charge is 0.169 e. The van der Waals surface area contributed by atoms with Gasteiger partial charge in [-0.2, -0.15) is 4.40 Å². The summed E-state index contributed by atoms with van der Waals surface area (Å²) in [5, 5.41) is 2.22. The Balaban J connectivity index is 1.71. The maximum Gasteiger partial charge on any atom is 0.169 e. The van der Waals surface area contributed by atoms with Gasteiger partial charge in [-0.25, -0.2) is 4.99 Å². The Hall–Kier alpha value is -2.12. The van der Waals surface area contributed by atoms with Crippen molar-refractivity contribution in [3.8, 4) is 0 Å². The van der Waals surface area contributed by atoms with E-state index in [1.807, 2.05) is 72.8 Å². The molecule has 0 aliphatic carbocycles. The van der Waals surface area contributed by atoms with E-state index in [9.17, 15) is 0 Å². The molecule has 3 nitrogen and oxygen atoms in total. The maximum absolute atomic E-state index is 6.37. The minimum atomic E-state index is 0.524. The van der Waals surface area contributed by atoms with E-state index in [1.165, 1.54) is 23.9 Å². The van der Waals surface area contributed by atoms with Gasteiger partial charge in [-0.15, -0.1) is 0 Å². The summed E-state index contributed by atoms with van der Waals surface area (Å²) in [4.78, 5) is 6.51. The van der Waals surface area contributed by atoms with Crippen molar-refractivity contribution in [2.24, 2.45) is 9.39 Å². The Morgan fingerprint density at radius 1 is 0.629 bits per heavy atom. The topological polar surface area (TPSA) is 36.8 Å². The van der Waals surface area contributed by atoms with Crippen molar-refractivity contribution in [3.63, 3.8) is 0 Å². The van der Waals surface area contributed by atoms with Gasteiger partial charge in [0.25, 0.3) is 0 Å². The molecule has 0 aliphatic rings. The zero-order chi connectivity index (χ0) is 24.6. The van der Waals surface area contributed by atoms with Crippen molar-refractivity contribution in [2.45, 2.75) is 9.79 Å². The molecule has 35 heavy (non-hydrogen) atoms. The van der Waals surface area contributed by atoms with E-state index in [4.69, 9.17) is 55.8 Å². The van der Waals surface area contributed by atoms with Crippen LogP contribution in [0.3, 0.4) is 0 Å². The third kappa shape index (κ3) is 7.43. The minimum absolute atomic E-state index is 0.524. The number of aliphatic imine (C=N–C) groups is 1. The van der Waals surface area contributed by atoms with Crippen molar-refractivity contribution < 1.29 is 0 Å². The molecule has 0 radical (unpaired) electrons. The molecule has 4 aromatic carbocycles. The lowest BCUT2D eigenvalue weighted by atomic mass is 10.2. The Bertz CT molecular complexity index is 1360. The monoisotopic (exact) mass is 575 g/mol. The van der Waals surface area contributed by atoms with E-state index < -0.39 is 0 Å². The molecule has 0 bridgehead atoms. The zero-order valence-electron chi connectivity index (χ0n) is 18.0. The van der Waals surface area contributed by atoms with Gasteiger partial charge in [0, 0.05) is 42.9 Å². The standard InChI is InChI=1S/C26H17Cl4N3S2/c27-19-11-13-23(21(29)15-19)34-32-25(17-7-3-1-4-8-17)31-26(18-9-5-2-6-10-18)33-35-24-14-12-20(28)16-22(24)30/h1-16H,(H,31,32,33). The van der Waals surface area contributed by atoms with Crippen LogP contribution >= 0.6 is 70.3 Å². The summed E-state index contributed by atoms with van der Waals surface area (Å²) in [7, 11) is 0. The average molecular weight is 577 g/mol. The third-order valence-electron chi connectivity index (χ3n) is 4.57. The Morgan fingerprint density at radius 2 is 1.17 bits per heavy atom. The molecule has 0 fully saturated rings. The minimum Gasteiger partial charge on any atom is -0.310 e. The molecule has 176 valence electrons. The first-order valence-electron chi connectivity index (χ1n) is 10.3. The Labute approximate surface area is 232 Å². The third-order valence-corrected chi connectivity index (χ3v) is 7.58. The van der Waals surface area contributed by atoms with E-state index in [1.54, 1.807) is 24.3 Å². The molecule has 0 aromatic heterocycles. The summed E-state index contributed by atoms with van der Waals surface area (Å²) in [6.45, 7) is 0. The number of halogens is 4. The van der Waals surface area contributed by atoms with Crippen LogP contribution in [0, 0.1) is 0 Å². The number of nitrogens with zero attached hydrogens (tertiary/aromatic N) is 2. The summed E-state index contributed by atoms with van der Waals surface area (Å²) < 4.78 is 8.07. The molecule has 4 aromatic rings. The second kappa shape index (κ2) is 12.7. The van der Waals surface area contributed by atoms with Crippen LogP contribution in [0.15, 0.2) is 116 Å². The first-order valence-corrected chi connectivity index (χ1v) is 13.4. The highest BCUT2D eigenvalue weighted by Crippen LogP contribution is 2.31. The molecular formula is C26H17Cl4N3S2. The molecule has 0 saturated heterocycles. The van der Waals surface area contributed by atoms with Gasteiger partial charge < -0.3 is 4.72 Å². The number of hydrogen-bond acceptors (Lipinski definition) is 3. The van der Waals surface area contributed by atoms with Gasteiger partial charge in [0.05, 0.1) is 10.0 Å². The van der Waals surface area contributed by atoms with Crippen LogP contribution in [0.2, 0.25) is 20.1 Å². The largest absolute Gasteiger partial charge is 0.310 e. The lowest BCUT2D eigenvalue weighted by Crippen LogP contribution is -2.19. The van der Waals surface area contributed by atoms with E-state index >= 15 is 0 Å². The summed E-state index contributed by atoms with van der Waals surface area (Å²) in [5.74, 6) is 1.14. The summed E-state index contributed by atoms with van der Waals surface area (Å²) in [6, 6.07) is 30.2. The molecule has 0 aliphatic heterocycles. The zero-order valence-corrected chi connectivity index (χ0v) is 22.6. The number of amidine groups is 2. The van der Waals surface area contributed by atoms with Crippen LogP contribution in [0.4, 0.5) is 0 Å². The SMILES string of the molecule is Clc1ccc(S/N=C(/N=C(NSc2ccc(Cl)cc2Cl)c2ccccc2)c2ccccc2)c(Cl)c1. The van der Waals surface area contributed by atoms with Crippen molar-refractivity contribution in [2.75, 3.05) is 0 Å². The number of rotatable bonds is 6. The molecule has 0 unspecified atom stereocenters. The summed E-state index contributed by atoms with van der Waals surface area (Å²) in [5.41, 5.74) is 1.75. The van der Waals surface area contributed by atoms with E-state index in [0.717, 1.165) is 20.9 Å². The second-order valence-electron chi connectivity index (χ2n) is 7.05. The lowest BCUT2D eigenvalue weighted by Gasteiger charge is -2.12. The van der Waals surface area contributed by atoms with Crippen LogP contribution < -0.4 is 4.72 Å². The number of nitrogens with one attached hydrogen (secondary N) is 1. The fourth-order valence-corrected chi connectivity index (χ4v) is 5.18. The molecule has 1 N–H and O–H groups in total. The fourth-order valence-electron chi connectivity index (χ4n) is 2.88. The van der Waals surface area contributed by atoms with Crippen molar-refractivity contribution in [1.29, 1.82) is 0 Å². The molecule has 4 rings (SSSR count). The lowest BCUT2D eigenvalue weighted by molar-refractivity contribution is 1.38. The van der Waals surface area contributed by atoms with Gasteiger partial charge in [0.15, 0.2) is 5.84 Å². The maximum atomic E-state index is 6.37. The van der Waals surface area contributed by atoms with Gasteiger partial charge in [-0.3, -0.25) is 0 Å². The quantitative estimate of drug-likeness (QED) is 0.141. The van der Waals surface area contributed by atoms with Crippen LogP contribution in [-0.4, -0.2) is 11.7 Å². The van der Waals surface area contributed by atoms with Crippen LogP contribution in [0.5, 0.6) is 0 Å². The second-order valence-corrected chi connectivity index (χ2v) is 10.4. The number of hydrogen-bond donors (Lipinski definition) is 1.